The van der Waals surface area contributed by atoms with Gasteiger partial charge in [0.15, 0.2) is 0 Å². The fourth-order valence-corrected chi connectivity index (χ4v) is 1.92. The Morgan fingerprint density at radius 1 is 1.04 bits per heavy atom. The van der Waals surface area contributed by atoms with Gasteiger partial charge in [-0.3, -0.25) is 19.7 Å². The van der Waals surface area contributed by atoms with Crippen LogP contribution < -0.4 is 10.6 Å². The SMILES string of the molecule is Cc1ccccc1CNC(=O)C(=O)Nc1ccc([N+](=O)[O-])cc1. The number of non-ortho nitro benzene ring substituents is 1. The lowest BCUT2D eigenvalue weighted by Crippen LogP contribution is -2.35. The van der Waals surface area contributed by atoms with Crippen LogP contribution >= 0.6 is 0 Å². The number of nitro benzene ring substituents is 1. The maximum Gasteiger partial charge on any atom is 0.313 e. The minimum Gasteiger partial charge on any atom is -0.344 e. The number of rotatable bonds is 4. The van der Waals surface area contributed by atoms with Crippen LogP contribution in [0.5, 0.6) is 0 Å². The van der Waals surface area contributed by atoms with Crippen molar-refractivity contribution in [3.05, 3.63) is 69.8 Å². The number of carbonyl (C=O) groups excluding carboxylic acids is 2. The van der Waals surface area contributed by atoms with Crippen molar-refractivity contribution in [2.45, 2.75) is 13.5 Å². The second-order valence-electron chi connectivity index (χ2n) is 4.87. The van der Waals surface area contributed by atoms with E-state index in [0.29, 0.717) is 5.69 Å². The van der Waals surface area contributed by atoms with Crippen molar-refractivity contribution in [2.75, 3.05) is 5.32 Å². The molecule has 0 atom stereocenters. The molecule has 2 aromatic rings. The van der Waals surface area contributed by atoms with E-state index in [1.54, 1.807) is 0 Å². The highest BCUT2D eigenvalue weighted by Crippen LogP contribution is 2.15. The molecule has 0 heterocycles. The molecular weight excluding hydrogens is 298 g/mol. The molecule has 0 unspecified atom stereocenters. The van der Waals surface area contributed by atoms with Crippen molar-refractivity contribution in [3.63, 3.8) is 0 Å². The van der Waals surface area contributed by atoms with Crippen LogP contribution in [0.25, 0.3) is 0 Å². The van der Waals surface area contributed by atoms with Gasteiger partial charge < -0.3 is 10.6 Å². The summed E-state index contributed by atoms with van der Waals surface area (Å²) in [6, 6.07) is 12.8. The quantitative estimate of drug-likeness (QED) is 0.513. The van der Waals surface area contributed by atoms with E-state index >= 15 is 0 Å². The lowest BCUT2D eigenvalue weighted by Gasteiger charge is -2.08. The zero-order valence-corrected chi connectivity index (χ0v) is 12.4. The van der Waals surface area contributed by atoms with Crippen molar-refractivity contribution in [3.8, 4) is 0 Å². The van der Waals surface area contributed by atoms with Crippen LogP contribution in [0.4, 0.5) is 11.4 Å². The first-order chi connectivity index (χ1) is 11.0. The number of aryl methyl sites for hydroxylation is 1. The summed E-state index contributed by atoms with van der Waals surface area (Å²) >= 11 is 0. The number of anilines is 1. The molecule has 0 radical (unpaired) electrons. The maximum absolute atomic E-state index is 11.8. The molecule has 0 spiro atoms. The normalized spacial score (nSPS) is 9.96. The Balaban J connectivity index is 1.91. The molecular formula is C16H15N3O4. The molecule has 2 rings (SSSR count). The summed E-state index contributed by atoms with van der Waals surface area (Å²) in [5.41, 5.74) is 2.16. The van der Waals surface area contributed by atoms with Gasteiger partial charge in [-0.15, -0.1) is 0 Å². The molecule has 0 aliphatic rings. The summed E-state index contributed by atoms with van der Waals surface area (Å²) in [5, 5.41) is 15.5. The van der Waals surface area contributed by atoms with Gasteiger partial charge >= 0.3 is 11.8 Å². The Labute approximate surface area is 132 Å². The Hall–Kier alpha value is -3.22. The monoisotopic (exact) mass is 313 g/mol. The van der Waals surface area contributed by atoms with Crippen molar-refractivity contribution in [1.29, 1.82) is 0 Å². The van der Waals surface area contributed by atoms with Crippen molar-refractivity contribution < 1.29 is 14.5 Å². The third kappa shape index (κ3) is 4.37. The molecule has 23 heavy (non-hydrogen) atoms. The van der Waals surface area contributed by atoms with Crippen LogP contribution in [0.15, 0.2) is 48.5 Å². The first-order valence-corrected chi connectivity index (χ1v) is 6.85. The highest BCUT2D eigenvalue weighted by atomic mass is 16.6. The fourth-order valence-electron chi connectivity index (χ4n) is 1.92. The van der Waals surface area contributed by atoms with Crippen LogP contribution in [0.3, 0.4) is 0 Å². The largest absolute Gasteiger partial charge is 0.344 e. The van der Waals surface area contributed by atoms with E-state index in [0.717, 1.165) is 11.1 Å². The molecule has 0 saturated heterocycles. The number of hydrogen-bond acceptors (Lipinski definition) is 4. The summed E-state index contributed by atoms with van der Waals surface area (Å²) in [4.78, 5) is 33.6. The predicted octanol–water partition coefficient (Wildman–Crippen LogP) is 2.16. The number of amides is 2. The van der Waals surface area contributed by atoms with Gasteiger partial charge in [0.05, 0.1) is 4.92 Å². The summed E-state index contributed by atoms with van der Waals surface area (Å²) in [7, 11) is 0. The molecule has 0 bridgehead atoms. The number of benzene rings is 2. The Morgan fingerprint density at radius 2 is 1.70 bits per heavy atom. The second kappa shape index (κ2) is 7.17. The summed E-state index contributed by atoms with van der Waals surface area (Å²) < 4.78 is 0. The Kier molecular flexibility index (Phi) is 5.03. The number of hydrogen-bond donors (Lipinski definition) is 2. The van der Waals surface area contributed by atoms with Gasteiger partial charge in [0.2, 0.25) is 0 Å². The standard InChI is InChI=1S/C16H15N3O4/c1-11-4-2-3-5-12(11)10-17-15(20)16(21)18-13-6-8-14(9-7-13)19(22)23/h2-9H,10H2,1H3,(H,17,20)(H,18,21). The Morgan fingerprint density at radius 3 is 2.30 bits per heavy atom. The molecule has 0 fully saturated rings. The van der Waals surface area contributed by atoms with Gasteiger partial charge in [-0.05, 0) is 30.2 Å². The highest BCUT2D eigenvalue weighted by molar-refractivity contribution is 6.39. The van der Waals surface area contributed by atoms with E-state index in [9.17, 15) is 19.7 Å². The molecule has 0 aliphatic carbocycles. The zero-order valence-electron chi connectivity index (χ0n) is 12.4. The van der Waals surface area contributed by atoms with Crippen LogP contribution in [-0.4, -0.2) is 16.7 Å². The van der Waals surface area contributed by atoms with Gasteiger partial charge in [0.1, 0.15) is 0 Å². The van der Waals surface area contributed by atoms with Crippen LogP contribution in [0, 0.1) is 17.0 Å². The highest BCUT2D eigenvalue weighted by Gasteiger charge is 2.14. The number of nitro groups is 1. The van der Waals surface area contributed by atoms with E-state index in [4.69, 9.17) is 0 Å². The van der Waals surface area contributed by atoms with E-state index in [1.165, 1.54) is 24.3 Å². The molecule has 0 aliphatic heterocycles. The van der Waals surface area contributed by atoms with Crippen LogP contribution in [0.2, 0.25) is 0 Å². The van der Waals surface area contributed by atoms with Gasteiger partial charge in [-0.25, -0.2) is 0 Å². The molecule has 0 aromatic heterocycles. The van der Waals surface area contributed by atoms with Gasteiger partial charge in [-0.2, -0.15) is 0 Å². The first-order valence-electron chi connectivity index (χ1n) is 6.85. The number of carbonyl (C=O) groups is 2. The molecule has 2 N–H and O–H groups in total. The summed E-state index contributed by atoms with van der Waals surface area (Å²) in [6.45, 7) is 2.16. The third-order valence-electron chi connectivity index (χ3n) is 3.24. The van der Waals surface area contributed by atoms with E-state index in [1.807, 2.05) is 31.2 Å². The van der Waals surface area contributed by atoms with Gasteiger partial charge in [0, 0.05) is 24.4 Å². The zero-order chi connectivity index (χ0) is 16.8. The predicted molar refractivity (Wildman–Crippen MR) is 84.8 cm³/mol. The second-order valence-corrected chi connectivity index (χ2v) is 4.87. The number of nitrogens with one attached hydrogen (secondary N) is 2. The van der Waals surface area contributed by atoms with E-state index < -0.39 is 16.7 Å². The van der Waals surface area contributed by atoms with Crippen LogP contribution in [0.1, 0.15) is 11.1 Å². The van der Waals surface area contributed by atoms with E-state index in [2.05, 4.69) is 10.6 Å². The average Bonchev–Trinajstić information content (AvgIpc) is 2.54. The lowest BCUT2D eigenvalue weighted by molar-refractivity contribution is -0.384. The van der Waals surface area contributed by atoms with Crippen LogP contribution in [-0.2, 0) is 16.1 Å². The van der Waals surface area contributed by atoms with Gasteiger partial charge in [-0.1, -0.05) is 24.3 Å². The smallest absolute Gasteiger partial charge is 0.313 e. The minimum absolute atomic E-state index is 0.0907. The molecule has 118 valence electrons. The maximum atomic E-state index is 11.8. The lowest BCUT2D eigenvalue weighted by atomic mass is 10.1. The molecule has 2 amide bonds. The Bertz CT molecular complexity index is 741. The van der Waals surface area contributed by atoms with Gasteiger partial charge in [0.25, 0.3) is 5.69 Å². The third-order valence-corrected chi connectivity index (χ3v) is 3.24. The van der Waals surface area contributed by atoms with Crippen molar-refractivity contribution >= 4 is 23.2 Å². The van der Waals surface area contributed by atoms with E-state index in [-0.39, 0.29) is 12.2 Å². The summed E-state index contributed by atoms with van der Waals surface area (Å²) in [5.74, 6) is -1.60. The van der Waals surface area contributed by atoms with Crippen molar-refractivity contribution in [2.24, 2.45) is 0 Å². The summed E-state index contributed by atoms with van der Waals surface area (Å²) in [6.07, 6.45) is 0. The number of nitrogens with zero attached hydrogens (tertiary/aromatic N) is 1. The molecule has 0 saturated carbocycles. The average molecular weight is 313 g/mol. The first kappa shape index (κ1) is 16.2. The fraction of sp³-hybridized carbons (Fsp3) is 0.125. The molecule has 2 aromatic carbocycles. The topological polar surface area (TPSA) is 101 Å². The molecule has 7 heteroatoms. The van der Waals surface area contributed by atoms with Crippen molar-refractivity contribution in [1.82, 2.24) is 5.32 Å². The minimum atomic E-state index is -0.826. The molecule has 7 nitrogen and oxygen atoms in total.